The summed E-state index contributed by atoms with van der Waals surface area (Å²) in [7, 11) is -0.341. The average Bonchev–Trinajstić information content (AvgIpc) is 2.77. The topological polar surface area (TPSA) is 27.7 Å². The molecule has 1 heterocycles. The Hall–Kier alpha value is -1.49. The lowest BCUT2D eigenvalue weighted by Gasteiger charge is -2.32. The molecule has 2 aromatic carbocycles. The van der Waals surface area contributed by atoms with Crippen LogP contribution in [0.3, 0.4) is 0 Å². The van der Waals surface area contributed by atoms with Crippen molar-refractivity contribution in [3.63, 3.8) is 0 Å². The van der Waals surface area contributed by atoms with Crippen LogP contribution in [0.2, 0.25) is 5.02 Å². The van der Waals surface area contributed by atoms with Gasteiger partial charge in [-0.3, -0.25) is 0 Å². The predicted molar refractivity (Wildman–Crippen MR) is 103 cm³/mol. The molecule has 0 amide bonds. The van der Waals surface area contributed by atoms with Crippen molar-refractivity contribution < 1.29 is 14.0 Å². The van der Waals surface area contributed by atoms with Crippen molar-refractivity contribution >= 4 is 24.2 Å². The van der Waals surface area contributed by atoms with Gasteiger partial charge < -0.3 is 14.0 Å². The van der Waals surface area contributed by atoms with Crippen molar-refractivity contribution in [2.24, 2.45) is 0 Å². The smallest absolute Gasteiger partial charge is 0.487 e. The molecule has 0 N–H and O–H groups in total. The van der Waals surface area contributed by atoms with Gasteiger partial charge in [0, 0.05) is 0 Å². The fourth-order valence-corrected chi connectivity index (χ4v) is 2.80. The molecule has 25 heavy (non-hydrogen) atoms. The Balaban J connectivity index is 1.66. The maximum Gasteiger partial charge on any atom is 0.494 e. The average molecular weight is 359 g/mol. The van der Waals surface area contributed by atoms with Crippen molar-refractivity contribution in [1.82, 2.24) is 0 Å². The van der Waals surface area contributed by atoms with E-state index in [2.05, 4.69) is 27.7 Å². The van der Waals surface area contributed by atoms with Gasteiger partial charge >= 0.3 is 7.12 Å². The van der Waals surface area contributed by atoms with E-state index < -0.39 is 0 Å². The zero-order valence-electron chi connectivity index (χ0n) is 15.4. The summed E-state index contributed by atoms with van der Waals surface area (Å²) in [6.07, 6.45) is 0. The fourth-order valence-electron chi connectivity index (χ4n) is 2.63. The van der Waals surface area contributed by atoms with Crippen molar-refractivity contribution in [1.29, 1.82) is 0 Å². The summed E-state index contributed by atoms with van der Waals surface area (Å²) in [5.74, 6) is 0.705. The molecule has 1 saturated heterocycles. The second kappa shape index (κ2) is 6.67. The molecule has 0 bridgehead atoms. The quantitative estimate of drug-likeness (QED) is 0.752. The lowest BCUT2D eigenvalue weighted by molar-refractivity contribution is 0.00578. The van der Waals surface area contributed by atoms with E-state index in [4.69, 9.17) is 25.6 Å². The maximum absolute atomic E-state index is 6.17. The van der Waals surface area contributed by atoms with E-state index in [0.717, 1.165) is 16.6 Å². The molecule has 0 aromatic heterocycles. The van der Waals surface area contributed by atoms with Gasteiger partial charge in [-0.2, -0.15) is 0 Å². The van der Waals surface area contributed by atoms with Gasteiger partial charge in [-0.05, 0) is 63.3 Å². The first-order valence-electron chi connectivity index (χ1n) is 8.51. The van der Waals surface area contributed by atoms with Gasteiger partial charge in [-0.25, -0.2) is 0 Å². The zero-order chi connectivity index (χ0) is 18.2. The van der Waals surface area contributed by atoms with E-state index >= 15 is 0 Å². The van der Waals surface area contributed by atoms with Crippen molar-refractivity contribution in [2.75, 3.05) is 0 Å². The minimum atomic E-state index is -0.341. The van der Waals surface area contributed by atoms with E-state index in [1.165, 1.54) is 0 Å². The molecule has 2 aromatic rings. The molecule has 132 valence electrons. The highest BCUT2D eigenvalue weighted by Crippen LogP contribution is 2.36. The van der Waals surface area contributed by atoms with Gasteiger partial charge in [0.05, 0.1) is 16.2 Å². The Morgan fingerprint density at radius 2 is 1.56 bits per heavy atom. The van der Waals surface area contributed by atoms with Crippen LogP contribution in [0.15, 0.2) is 42.5 Å². The molecule has 5 heteroatoms. The lowest BCUT2D eigenvalue weighted by atomic mass is 9.79. The highest BCUT2D eigenvalue weighted by molar-refractivity contribution is 6.62. The summed E-state index contributed by atoms with van der Waals surface area (Å²) < 4.78 is 18.0. The molecular weight excluding hydrogens is 334 g/mol. The number of ether oxygens (including phenoxy) is 1. The molecule has 1 fully saturated rings. The second-order valence-electron chi connectivity index (χ2n) is 7.55. The summed E-state index contributed by atoms with van der Waals surface area (Å²) in [6.45, 7) is 10.7. The second-order valence-corrected chi connectivity index (χ2v) is 7.96. The lowest BCUT2D eigenvalue weighted by Crippen LogP contribution is -2.41. The monoisotopic (exact) mass is 358 g/mol. The molecule has 0 saturated carbocycles. The number of benzene rings is 2. The van der Waals surface area contributed by atoms with E-state index in [0.29, 0.717) is 17.4 Å². The Kier molecular flexibility index (Phi) is 4.89. The van der Waals surface area contributed by atoms with Crippen LogP contribution in [0.25, 0.3) is 0 Å². The van der Waals surface area contributed by atoms with Crippen LogP contribution in [0, 0.1) is 6.92 Å². The molecule has 1 aliphatic rings. The van der Waals surface area contributed by atoms with Crippen molar-refractivity contribution in [3.05, 3.63) is 58.6 Å². The first kappa shape index (κ1) is 18.3. The Morgan fingerprint density at radius 1 is 0.960 bits per heavy atom. The Morgan fingerprint density at radius 3 is 2.16 bits per heavy atom. The van der Waals surface area contributed by atoms with E-state index in [1.807, 2.05) is 49.4 Å². The van der Waals surface area contributed by atoms with Crippen LogP contribution in [-0.4, -0.2) is 18.3 Å². The van der Waals surface area contributed by atoms with Crippen LogP contribution >= 0.6 is 11.6 Å². The van der Waals surface area contributed by atoms with Crippen molar-refractivity contribution in [2.45, 2.75) is 52.4 Å². The molecular formula is C20H24BClO3. The standard InChI is InChI=1S/C20H24BClO3/c1-14-6-11-17(22)18(12-14)23-13-15-7-9-16(10-8-15)21-24-19(2,3)20(4,5)25-21/h6-12H,13H2,1-5H3. The first-order valence-corrected chi connectivity index (χ1v) is 8.89. The molecule has 3 rings (SSSR count). The molecule has 0 aliphatic carbocycles. The number of hydrogen-bond donors (Lipinski definition) is 0. The van der Waals surface area contributed by atoms with Gasteiger partial charge in [-0.15, -0.1) is 0 Å². The van der Waals surface area contributed by atoms with E-state index in [1.54, 1.807) is 0 Å². The number of halogens is 1. The molecule has 1 aliphatic heterocycles. The largest absolute Gasteiger partial charge is 0.494 e. The van der Waals surface area contributed by atoms with Crippen LogP contribution in [0.1, 0.15) is 38.8 Å². The predicted octanol–water partition coefficient (Wildman–Crippen LogP) is 4.53. The maximum atomic E-state index is 6.17. The Bertz CT molecular complexity index is 740. The normalized spacial score (nSPS) is 18.4. The van der Waals surface area contributed by atoms with Gasteiger partial charge in [0.15, 0.2) is 0 Å². The number of aryl methyl sites for hydroxylation is 1. The highest BCUT2D eigenvalue weighted by atomic mass is 35.5. The molecule has 0 unspecified atom stereocenters. The zero-order valence-corrected chi connectivity index (χ0v) is 16.2. The first-order chi connectivity index (χ1) is 11.7. The third-order valence-electron chi connectivity index (χ3n) is 4.99. The molecule has 3 nitrogen and oxygen atoms in total. The number of hydrogen-bond acceptors (Lipinski definition) is 3. The van der Waals surface area contributed by atoms with Gasteiger partial charge in [0.25, 0.3) is 0 Å². The minimum Gasteiger partial charge on any atom is -0.487 e. The van der Waals surface area contributed by atoms with Crippen LogP contribution in [-0.2, 0) is 15.9 Å². The van der Waals surface area contributed by atoms with Gasteiger partial charge in [-0.1, -0.05) is 41.9 Å². The van der Waals surface area contributed by atoms with Crippen LogP contribution < -0.4 is 10.2 Å². The summed E-state index contributed by atoms with van der Waals surface area (Å²) in [4.78, 5) is 0. The third kappa shape index (κ3) is 3.86. The highest BCUT2D eigenvalue weighted by Gasteiger charge is 2.51. The molecule has 0 spiro atoms. The SMILES string of the molecule is Cc1ccc(Cl)c(OCc2ccc(B3OC(C)(C)C(C)(C)O3)cc2)c1. The van der Waals surface area contributed by atoms with E-state index in [-0.39, 0.29) is 18.3 Å². The summed E-state index contributed by atoms with van der Waals surface area (Å²) in [5.41, 5.74) is 2.53. The molecule has 0 radical (unpaired) electrons. The molecule has 0 atom stereocenters. The summed E-state index contributed by atoms with van der Waals surface area (Å²) in [5, 5.41) is 0.624. The van der Waals surface area contributed by atoms with Crippen LogP contribution in [0.5, 0.6) is 5.75 Å². The van der Waals surface area contributed by atoms with Gasteiger partial charge in [0.1, 0.15) is 12.4 Å². The fraction of sp³-hybridized carbons (Fsp3) is 0.400. The third-order valence-corrected chi connectivity index (χ3v) is 5.30. The number of rotatable bonds is 4. The van der Waals surface area contributed by atoms with Crippen LogP contribution in [0.4, 0.5) is 0 Å². The summed E-state index contributed by atoms with van der Waals surface area (Å²) >= 11 is 6.17. The van der Waals surface area contributed by atoms with Gasteiger partial charge in [0.2, 0.25) is 0 Å². The summed E-state index contributed by atoms with van der Waals surface area (Å²) in [6, 6.07) is 13.9. The Labute approximate surface area is 155 Å². The van der Waals surface area contributed by atoms with Crippen molar-refractivity contribution in [3.8, 4) is 5.75 Å². The minimum absolute atomic E-state index is 0.332. The van der Waals surface area contributed by atoms with E-state index in [9.17, 15) is 0 Å².